The van der Waals surface area contributed by atoms with Gasteiger partial charge < -0.3 is 5.11 Å². The molecule has 1 fully saturated rings. The summed E-state index contributed by atoms with van der Waals surface area (Å²) < 4.78 is 15.5. The topological polar surface area (TPSA) is 75.4 Å². The van der Waals surface area contributed by atoms with Gasteiger partial charge in [0, 0.05) is 30.3 Å². The lowest BCUT2D eigenvalue weighted by Crippen LogP contribution is -2.29. The minimum atomic E-state index is -0.914. The molecular weight excluding hydrogens is 449 g/mol. The molecule has 0 unspecified atom stereocenters. The van der Waals surface area contributed by atoms with Gasteiger partial charge in [-0.3, -0.25) is 14.5 Å². The van der Waals surface area contributed by atoms with Gasteiger partial charge in [-0.1, -0.05) is 42.2 Å². The molecule has 4 rings (SSSR count). The van der Waals surface area contributed by atoms with Gasteiger partial charge in [0.25, 0.3) is 5.91 Å². The highest BCUT2D eigenvalue weighted by Crippen LogP contribution is 2.35. The van der Waals surface area contributed by atoms with Crippen molar-refractivity contribution in [1.82, 2.24) is 14.7 Å². The molecule has 0 atom stereocenters. The summed E-state index contributed by atoms with van der Waals surface area (Å²) in [6.07, 6.45) is 3.82. The number of aromatic nitrogens is 2. The maximum atomic E-state index is 13.4. The smallest absolute Gasteiger partial charge is 0.303 e. The van der Waals surface area contributed by atoms with E-state index < -0.39 is 5.97 Å². The van der Waals surface area contributed by atoms with E-state index in [0.29, 0.717) is 32.5 Å². The van der Waals surface area contributed by atoms with Gasteiger partial charge in [0.2, 0.25) is 0 Å². The molecule has 1 aliphatic heterocycles. The summed E-state index contributed by atoms with van der Waals surface area (Å²) in [5.74, 6) is -1.52. The van der Waals surface area contributed by atoms with Crippen LogP contribution >= 0.6 is 24.0 Å². The number of hydrogen-bond acceptors (Lipinski definition) is 5. The molecule has 0 aliphatic carbocycles. The Labute approximate surface area is 193 Å². The first-order chi connectivity index (χ1) is 15.4. The number of para-hydroxylation sites is 1. The van der Waals surface area contributed by atoms with E-state index in [2.05, 4.69) is 5.10 Å². The molecule has 2 aromatic carbocycles. The third-order valence-electron chi connectivity index (χ3n) is 4.81. The van der Waals surface area contributed by atoms with Crippen molar-refractivity contribution in [2.75, 3.05) is 6.54 Å². The zero-order valence-electron chi connectivity index (χ0n) is 16.8. The van der Waals surface area contributed by atoms with E-state index in [0.717, 1.165) is 5.69 Å². The largest absolute Gasteiger partial charge is 0.481 e. The molecule has 1 N–H and O–H groups in total. The minimum Gasteiger partial charge on any atom is -0.481 e. The van der Waals surface area contributed by atoms with Crippen molar-refractivity contribution in [1.29, 1.82) is 0 Å². The number of thioether (sulfide) groups is 1. The van der Waals surface area contributed by atoms with Crippen molar-refractivity contribution in [2.24, 2.45) is 0 Å². The van der Waals surface area contributed by atoms with Gasteiger partial charge in [0.1, 0.15) is 10.1 Å². The Bertz CT molecular complexity index is 1210. The van der Waals surface area contributed by atoms with Crippen LogP contribution < -0.4 is 0 Å². The fourth-order valence-electron chi connectivity index (χ4n) is 3.26. The monoisotopic (exact) mass is 467 g/mol. The number of carbonyl (C=O) groups is 2. The molecule has 6 nitrogen and oxygen atoms in total. The number of benzene rings is 2. The van der Waals surface area contributed by atoms with Crippen molar-refractivity contribution in [3.05, 3.63) is 77.1 Å². The van der Waals surface area contributed by atoms with Crippen LogP contribution in [0.15, 0.2) is 65.7 Å². The van der Waals surface area contributed by atoms with Gasteiger partial charge in [-0.2, -0.15) is 5.10 Å². The molecule has 1 aliphatic rings. The maximum Gasteiger partial charge on any atom is 0.303 e. The number of halogens is 1. The molecule has 9 heteroatoms. The Morgan fingerprint density at radius 1 is 1.16 bits per heavy atom. The van der Waals surface area contributed by atoms with E-state index in [1.807, 2.05) is 36.5 Å². The highest BCUT2D eigenvalue weighted by Gasteiger charge is 2.32. The zero-order valence-corrected chi connectivity index (χ0v) is 18.4. The number of carboxylic acid groups (broad SMARTS) is 1. The van der Waals surface area contributed by atoms with Gasteiger partial charge >= 0.3 is 5.97 Å². The lowest BCUT2D eigenvalue weighted by Gasteiger charge is -2.13. The second-order valence-corrected chi connectivity index (χ2v) is 8.73. The maximum absolute atomic E-state index is 13.4. The van der Waals surface area contributed by atoms with Crippen LogP contribution in [0.5, 0.6) is 0 Å². The summed E-state index contributed by atoms with van der Waals surface area (Å²) >= 11 is 6.50. The first-order valence-corrected chi connectivity index (χ1v) is 11.0. The number of thiocarbonyl (C=S) groups is 1. The first-order valence-electron chi connectivity index (χ1n) is 9.80. The standard InChI is InChI=1S/C23H18FN3O3S2/c24-17-10-8-15(9-11-17)21-16(14-27(25-21)18-5-2-1-3-6-18)13-19-22(30)26(23(31)32-19)12-4-7-20(28)29/h1-3,5-6,8-11,13-14H,4,7,12H2,(H,28,29). The molecule has 0 radical (unpaired) electrons. The average molecular weight is 468 g/mol. The van der Waals surface area contributed by atoms with Crippen LogP contribution in [0.3, 0.4) is 0 Å². The van der Waals surface area contributed by atoms with Gasteiger partial charge in [-0.15, -0.1) is 0 Å². The Balaban J connectivity index is 1.69. The number of carbonyl (C=O) groups excluding carboxylic acids is 1. The molecular formula is C23H18FN3O3S2. The van der Waals surface area contributed by atoms with Gasteiger partial charge in [-0.05, 0) is 48.9 Å². The lowest BCUT2D eigenvalue weighted by molar-refractivity contribution is -0.137. The Morgan fingerprint density at radius 3 is 2.56 bits per heavy atom. The van der Waals surface area contributed by atoms with Crippen LogP contribution in [0.25, 0.3) is 23.0 Å². The second kappa shape index (κ2) is 9.46. The van der Waals surface area contributed by atoms with Gasteiger partial charge in [-0.25, -0.2) is 9.07 Å². The highest BCUT2D eigenvalue weighted by molar-refractivity contribution is 8.26. The molecule has 1 saturated heterocycles. The molecule has 1 aromatic heterocycles. The Kier molecular flexibility index (Phi) is 6.48. The molecule has 0 saturated carbocycles. The van der Waals surface area contributed by atoms with Crippen LogP contribution in [-0.2, 0) is 9.59 Å². The summed E-state index contributed by atoms with van der Waals surface area (Å²) in [6, 6.07) is 15.5. The van der Waals surface area contributed by atoms with E-state index in [1.54, 1.807) is 22.9 Å². The summed E-state index contributed by atoms with van der Waals surface area (Å²) in [6.45, 7) is 0.252. The minimum absolute atomic E-state index is 0.0331. The number of carboxylic acids is 1. The van der Waals surface area contributed by atoms with Gasteiger partial charge in [0.05, 0.1) is 16.3 Å². The Morgan fingerprint density at radius 2 is 1.88 bits per heavy atom. The van der Waals surface area contributed by atoms with Crippen molar-refractivity contribution < 1.29 is 19.1 Å². The molecule has 32 heavy (non-hydrogen) atoms. The third kappa shape index (κ3) is 4.79. The fraction of sp³-hybridized carbons (Fsp3) is 0.130. The van der Waals surface area contributed by atoms with E-state index in [9.17, 15) is 14.0 Å². The quantitative estimate of drug-likeness (QED) is 0.399. The molecule has 3 aromatic rings. The zero-order chi connectivity index (χ0) is 22.7. The van der Waals surface area contributed by atoms with Crippen molar-refractivity contribution in [2.45, 2.75) is 12.8 Å². The number of rotatable bonds is 7. The van der Waals surface area contributed by atoms with Crippen LogP contribution in [0.4, 0.5) is 4.39 Å². The average Bonchev–Trinajstić information content (AvgIpc) is 3.31. The number of amides is 1. The summed E-state index contributed by atoms with van der Waals surface area (Å²) in [5, 5.41) is 13.5. The van der Waals surface area contributed by atoms with Crippen LogP contribution in [-0.4, -0.2) is 42.5 Å². The second-order valence-electron chi connectivity index (χ2n) is 7.05. The normalized spacial score (nSPS) is 15.0. The van der Waals surface area contributed by atoms with Crippen LogP contribution in [0.1, 0.15) is 18.4 Å². The first kappa shape index (κ1) is 21.9. The van der Waals surface area contributed by atoms with Crippen molar-refractivity contribution in [3.8, 4) is 16.9 Å². The van der Waals surface area contributed by atoms with Crippen LogP contribution in [0.2, 0.25) is 0 Å². The molecule has 0 spiro atoms. The molecule has 2 heterocycles. The fourth-order valence-corrected chi connectivity index (χ4v) is 4.56. The van der Waals surface area contributed by atoms with Crippen molar-refractivity contribution in [3.63, 3.8) is 0 Å². The third-order valence-corrected chi connectivity index (χ3v) is 6.19. The molecule has 1 amide bonds. The van der Waals surface area contributed by atoms with Crippen molar-refractivity contribution >= 4 is 46.3 Å². The van der Waals surface area contributed by atoms with E-state index >= 15 is 0 Å². The Hall–Kier alpha value is -3.30. The van der Waals surface area contributed by atoms with E-state index in [4.69, 9.17) is 17.3 Å². The summed E-state index contributed by atoms with van der Waals surface area (Å²) in [4.78, 5) is 25.5. The van der Waals surface area contributed by atoms with Gasteiger partial charge in [0.15, 0.2) is 0 Å². The number of nitrogens with zero attached hydrogens (tertiary/aromatic N) is 3. The molecule has 0 bridgehead atoms. The summed E-state index contributed by atoms with van der Waals surface area (Å²) in [5.41, 5.74) is 2.84. The predicted octanol–water partition coefficient (Wildman–Crippen LogP) is 4.74. The number of hydrogen-bond donors (Lipinski definition) is 1. The van der Waals surface area contributed by atoms with Crippen LogP contribution in [0, 0.1) is 5.82 Å². The number of aliphatic carboxylic acids is 1. The van der Waals surface area contributed by atoms with E-state index in [1.165, 1.54) is 28.8 Å². The SMILES string of the molecule is O=C(O)CCCN1C(=O)C(=Cc2cn(-c3ccccc3)nc2-c2ccc(F)cc2)SC1=S. The predicted molar refractivity (Wildman–Crippen MR) is 126 cm³/mol. The van der Waals surface area contributed by atoms with E-state index in [-0.39, 0.29) is 24.7 Å². The molecule has 162 valence electrons. The highest BCUT2D eigenvalue weighted by atomic mass is 32.2. The summed E-state index contributed by atoms with van der Waals surface area (Å²) in [7, 11) is 0. The lowest BCUT2D eigenvalue weighted by atomic mass is 10.1.